The van der Waals surface area contributed by atoms with Crippen molar-refractivity contribution in [3.63, 3.8) is 0 Å². The van der Waals surface area contributed by atoms with E-state index in [4.69, 9.17) is 0 Å². The molecule has 0 spiro atoms. The molecule has 0 fully saturated rings. The maximum Gasteiger partial charge on any atom is 0.172 e. The Morgan fingerprint density at radius 2 is 1.21 bits per heavy atom. The lowest BCUT2D eigenvalue weighted by molar-refractivity contribution is 0.0942. The topological polar surface area (TPSA) is 17.1 Å². The summed E-state index contributed by atoms with van der Waals surface area (Å²) in [5.41, 5.74) is 13.4. The quantitative estimate of drug-likeness (QED) is 0.219. The van der Waals surface area contributed by atoms with Crippen LogP contribution in [0.3, 0.4) is 0 Å². The summed E-state index contributed by atoms with van der Waals surface area (Å²) in [6.07, 6.45) is 6.57. The van der Waals surface area contributed by atoms with E-state index in [0.29, 0.717) is 0 Å². The summed E-state index contributed by atoms with van der Waals surface area (Å²) < 4.78 is 0. The summed E-state index contributed by atoms with van der Waals surface area (Å²) in [4.78, 5) is 14.5. The number of hydrogen-bond acceptors (Lipinski definition) is 2. The summed E-state index contributed by atoms with van der Waals surface area (Å²) >= 11 is 1.79. The van der Waals surface area contributed by atoms with Crippen LogP contribution >= 0.6 is 11.8 Å². The maximum absolute atomic E-state index is 13.4. The lowest BCUT2D eigenvalue weighted by Gasteiger charge is -2.30. The van der Waals surface area contributed by atoms with Gasteiger partial charge in [-0.1, -0.05) is 123 Å². The van der Waals surface area contributed by atoms with E-state index in [9.17, 15) is 4.79 Å². The standard InChI is InChI=1S/C40H30OS/c1-40(2)35-15-5-3-13-31(35)33-23-29(17-19-36(33)40)27-11-7-9-25(21-27)26-10-8-12-28(22-26)30-18-20-38-34(24-30)39(41)32-14-4-6-16-37(32)42-38/h3-24,34,38H,1-2H3. The van der Waals surface area contributed by atoms with Crippen molar-refractivity contribution in [3.05, 3.63) is 156 Å². The van der Waals surface area contributed by atoms with E-state index in [1.54, 1.807) is 11.8 Å². The molecular formula is C40H30OS. The van der Waals surface area contributed by atoms with Crippen molar-refractivity contribution in [3.8, 4) is 33.4 Å². The average Bonchev–Trinajstić information content (AvgIpc) is 3.27. The Labute approximate surface area is 251 Å². The van der Waals surface area contributed by atoms with Crippen molar-refractivity contribution in [2.24, 2.45) is 5.92 Å². The first-order chi connectivity index (χ1) is 20.5. The Morgan fingerprint density at radius 3 is 2.00 bits per heavy atom. The van der Waals surface area contributed by atoms with Crippen molar-refractivity contribution >= 4 is 23.1 Å². The van der Waals surface area contributed by atoms with E-state index in [2.05, 4.69) is 129 Å². The van der Waals surface area contributed by atoms with Gasteiger partial charge in [-0.2, -0.15) is 0 Å². The van der Waals surface area contributed by atoms with Gasteiger partial charge in [-0.25, -0.2) is 0 Å². The summed E-state index contributed by atoms with van der Waals surface area (Å²) in [7, 11) is 0. The number of ketones is 1. The van der Waals surface area contributed by atoms with Crippen LogP contribution in [0.5, 0.6) is 0 Å². The Hall–Kier alpha value is -4.40. The second-order valence-electron chi connectivity index (χ2n) is 12.0. The van der Waals surface area contributed by atoms with Gasteiger partial charge >= 0.3 is 0 Å². The average molecular weight is 559 g/mol. The second-order valence-corrected chi connectivity index (χ2v) is 13.3. The molecule has 0 radical (unpaired) electrons. The highest BCUT2D eigenvalue weighted by atomic mass is 32.2. The molecule has 2 heteroatoms. The molecule has 2 aliphatic carbocycles. The van der Waals surface area contributed by atoms with Crippen molar-refractivity contribution < 1.29 is 4.79 Å². The van der Waals surface area contributed by atoms with Crippen molar-refractivity contribution in [2.75, 3.05) is 0 Å². The molecule has 0 aromatic heterocycles. The zero-order valence-electron chi connectivity index (χ0n) is 23.7. The van der Waals surface area contributed by atoms with Gasteiger partial charge in [-0.15, -0.1) is 11.8 Å². The van der Waals surface area contributed by atoms with Gasteiger partial charge in [-0.3, -0.25) is 4.79 Å². The SMILES string of the molecule is CC1(C)c2ccccc2-c2cc(-c3cccc(-c4cccc(C5=CC6C(=O)c7ccccc7SC6C=C5)c4)c3)ccc21. The highest BCUT2D eigenvalue weighted by Gasteiger charge is 2.36. The Balaban J connectivity index is 1.12. The molecular weight excluding hydrogens is 529 g/mol. The molecule has 0 bridgehead atoms. The van der Waals surface area contributed by atoms with Gasteiger partial charge in [0.15, 0.2) is 5.78 Å². The van der Waals surface area contributed by atoms with Crippen LogP contribution in [0.25, 0.3) is 39.0 Å². The fourth-order valence-corrected chi connectivity index (χ4v) is 8.20. The fraction of sp³-hybridized carbons (Fsp3) is 0.125. The molecule has 0 saturated carbocycles. The van der Waals surface area contributed by atoms with Crippen LogP contribution in [0, 0.1) is 5.92 Å². The maximum atomic E-state index is 13.4. The highest BCUT2D eigenvalue weighted by Crippen LogP contribution is 2.49. The molecule has 42 heavy (non-hydrogen) atoms. The number of carbonyl (C=O) groups excluding carboxylic acids is 1. The molecule has 2 unspecified atom stereocenters. The van der Waals surface area contributed by atoms with Gasteiger partial charge in [0.1, 0.15) is 0 Å². The molecule has 5 aromatic carbocycles. The van der Waals surface area contributed by atoms with Crippen molar-refractivity contribution in [1.29, 1.82) is 0 Å². The molecule has 1 nitrogen and oxygen atoms in total. The number of Topliss-reactive ketones (excluding diaryl/α,β-unsaturated/α-hetero) is 1. The molecule has 1 heterocycles. The first kappa shape index (κ1) is 25.3. The molecule has 2 atom stereocenters. The van der Waals surface area contributed by atoms with Crippen molar-refractivity contribution in [1.82, 2.24) is 0 Å². The number of hydrogen-bond donors (Lipinski definition) is 0. The lowest BCUT2D eigenvalue weighted by Crippen LogP contribution is -2.29. The smallest absolute Gasteiger partial charge is 0.172 e. The fourth-order valence-electron chi connectivity index (χ4n) is 6.95. The van der Waals surface area contributed by atoms with Crippen LogP contribution in [0.2, 0.25) is 0 Å². The van der Waals surface area contributed by atoms with Crippen LogP contribution < -0.4 is 0 Å². The van der Waals surface area contributed by atoms with E-state index in [1.165, 1.54) is 44.5 Å². The van der Waals surface area contributed by atoms with E-state index < -0.39 is 0 Å². The minimum atomic E-state index is -0.133. The van der Waals surface area contributed by atoms with Gasteiger partial charge < -0.3 is 0 Å². The van der Waals surface area contributed by atoms with Gasteiger partial charge in [0, 0.05) is 21.1 Å². The summed E-state index contributed by atoms with van der Waals surface area (Å²) in [5.74, 6) is 0.0900. The zero-order chi connectivity index (χ0) is 28.4. The van der Waals surface area contributed by atoms with Gasteiger partial charge in [0.2, 0.25) is 0 Å². The minimum Gasteiger partial charge on any atom is -0.293 e. The first-order valence-electron chi connectivity index (χ1n) is 14.6. The normalized spacial score (nSPS) is 19.4. The highest BCUT2D eigenvalue weighted by molar-refractivity contribution is 8.00. The van der Waals surface area contributed by atoms with E-state index >= 15 is 0 Å². The summed E-state index contributed by atoms with van der Waals surface area (Å²) in [5, 5.41) is 0.154. The molecule has 202 valence electrons. The van der Waals surface area contributed by atoms with E-state index in [-0.39, 0.29) is 22.4 Å². The van der Waals surface area contributed by atoms with Crippen LogP contribution in [0.15, 0.2) is 138 Å². The monoisotopic (exact) mass is 558 g/mol. The third-order valence-electron chi connectivity index (χ3n) is 9.21. The van der Waals surface area contributed by atoms with E-state index in [1.807, 2.05) is 18.2 Å². The lowest BCUT2D eigenvalue weighted by atomic mass is 9.82. The molecule has 3 aliphatic rings. The van der Waals surface area contributed by atoms with Crippen LogP contribution in [-0.4, -0.2) is 11.0 Å². The van der Waals surface area contributed by atoms with Gasteiger partial charge in [-0.05, 0) is 79.9 Å². The van der Waals surface area contributed by atoms with E-state index in [0.717, 1.165) is 21.6 Å². The van der Waals surface area contributed by atoms with Crippen LogP contribution in [0.4, 0.5) is 0 Å². The summed E-state index contributed by atoms with van der Waals surface area (Å²) in [6.45, 7) is 4.65. The molecule has 0 saturated heterocycles. The van der Waals surface area contributed by atoms with Crippen LogP contribution in [-0.2, 0) is 5.41 Å². The van der Waals surface area contributed by atoms with Crippen molar-refractivity contribution in [2.45, 2.75) is 29.4 Å². The first-order valence-corrected chi connectivity index (χ1v) is 15.5. The predicted octanol–water partition coefficient (Wildman–Crippen LogP) is 10.3. The Morgan fingerprint density at radius 1 is 0.595 bits per heavy atom. The minimum absolute atomic E-state index is 0.0132. The largest absolute Gasteiger partial charge is 0.293 e. The molecule has 0 N–H and O–H groups in total. The molecule has 0 amide bonds. The number of fused-ring (bicyclic) bond motifs is 5. The number of thioether (sulfide) groups is 1. The van der Waals surface area contributed by atoms with Gasteiger partial charge in [0.25, 0.3) is 0 Å². The molecule has 5 aromatic rings. The van der Waals surface area contributed by atoms with Crippen LogP contribution in [0.1, 0.15) is 40.9 Å². The molecule has 1 aliphatic heterocycles. The second kappa shape index (κ2) is 9.58. The van der Waals surface area contributed by atoms with Gasteiger partial charge in [0.05, 0.1) is 5.92 Å². The summed E-state index contributed by atoms with van der Waals surface area (Å²) in [6, 6.07) is 41.3. The zero-order valence-corrected chi connectivity index (χ0v) is 24.5. The molecule has 8 rings (SSSR count). The predicted molar refractivity (Wildman–Crippen MR) is 176 cm³/mol. The number of rotatable bonds is 3. The Kier molecular flexibility index (Phi) is 5.77. The number of carbonyl (C=O) groups is 1. The number of allylic oxidation sites excluding steroid dienone is 3. The third-order valence-corrected chi connectivity index (χ3v) is 10.5. The Bertz CT molecular complexity index is 1970. The third kappa shape index (κ3) is 3.97. The number of benzene rings is 5.